The van der Waals surface area contributed by atoms with Gasteiger partial charge in [0.25, 0.3) is 5.91 Å². The number of nitrogens with zero attached hydrogens (tertiary/aromatic N) is 1. The molecule has 0 spiro atoms. The van der Waals surface area contributed by atoms with Gasteiger partial charge in [-0.25, -0.2) is 4.98 Å². The number of anilines is 2. The van der Waals surface area contributed by atoms with Crippen LogP contribution < -0.4 is 15.4 Å². The quantitative estimate of drug-likeness (QED) is 0.882. The number of methoxy groups -OCH3 is 1. The predicted octanol–water partition coefficient (Wildman–Crippen LogP) is 2.20. The molecule has 2 N–H and O–H groups in total. The number of hydrogen-bond acceptors (Lipinski definition) is 4. The number of benzene rings is 1. The molecular weight excluding hydrogens is 242 g/mol. The van der Waals surface area contributed by atoms with E-state index in [-0.39, 0.29) is 5.91 Å². The summed E-state index contributed by atoms with van der Waals surface area (Å²) in [5.74, 6) is 1.31. The summed E-state index contributed by atoms with van der Waals surface area (Å²) < 4.78 is 5.10. The zero-order valence-corrected chi connectivity index (χ0v) is 10.4. The summed E-state index contributed by atoms with van der Waals surface area (Å²) in [6.07, 6.45) is 1.66. The lowest BCUT2D eigenvalue weighted by atomic mass is 10.1. The molecule has 0 unspecified atom stereocenters. The molecule has 5 heteroatoms. The number of aromatic nitrogens is 1. The Morgan fingerprint density at radius 2 is 2.05 bits per heavy atom. The van der Waals surface area contributed by atoms with E-state index >= 15 is 0 Å². The van der Waals surface area contributed by atoms with Gasteiger partial charge in [0.2, 0.25) is 0 Å². The van der Waals surface area contributed by atoms with E-state index in [1.807, 2.05) is 36.4 Å². The second-order valence-electron chi connectivity index (χ2n) is 4.24. The van der Waals surface area contributed by atoms with Crippen molar-refractivity contribution in [1.82, 2.24) is 4.98 Å². The molecule has 96 valence electrons. The fraction of sp³-hybridized carbons (Fsp3) is 0.143. The fourth-order valence-electron chi connectivity index (χ4n) is 2.08. The largest absolute Gasteiger partial charge is 0.497 e. The first-order valence-electron chi connectivity index (χ1n) is 5.94. The number of fused-ring (bicyclic) bond motifs is 1. The van der Waals surface area contributed by atoms with Crippen molar-refractivity contribution in [3.8, 4) is 5.75 Å². The topological polar surface area (TPSA) is 63.2 Å². The molecule has 5 nitrogen and oxygen atoms in total. The van der Waals surface area contributed by atoms with Gasteiger partial charge in [-0.15, -0.1) is 0 Å². The van der Waals surface area contributed by atoms with Crippen molar-refractivity contribution in [2.45, 2.75) is 6.04 Å². The maximum atomic E-state index is 11.9. The summed E-state index contributed by atoms with van der Waals surface area (Å²) >= 11 is 0. The van der Waals surface area contributed by atoms with Crippen LogP contribution >= 0.6 is 0 Å². The molecule has 1 aliphatic heterocycles. The Labute approximate surface area is 110 Å². The molecule has 2 aromatic rings. The molecule has 19 heavy (non-hydrogen) atoms. The molecule has 0 fully saturated rings. The van der Waals surface area contributed by atoms with Gasteiger partial charge in [-0.2, -0.15) is 0 Å². The zero-order chi connectivity index (χ0) is 13.2. The Balaban J connectivity index is 1.84. The molecule has 2 heterocycles. The summed E-state index contributed by atoms with van der Waals surface area (Å²) in [5, 5.41) is 5.94. The van der Waals surface area contributed by atoms with Crippen molar-refractivity contribution < 1.29 is 9.53 Å². The van der Waals surface area contributed by atoms with E-state index in [4.69, 9.17) is 4.74 Å². The second-order valence-corrected chi connectivity index (χ2v) is 4.24. The minimum atomic E-state index is -0.405. The van der Waals surface area contributed by atoms with E-state index in [9.17, 15) is 4.79 Å². The Morgan fingerprint density at radius 1 is 1.26 bits per heavy atom. The van der Waals surface area contributed by atoms with Gasteiger partial charge >= 0.3 is 0 Å². The summed E-state index contributed by atoms with van der Waals surface area (Å²) in [6.45, 7) is 0. The second kappa shape index (κ2) is 4.61. The molecular formula is C14H13N3O2. The van der Waals surface area contributed by atoms with Gasteiger partial charge < -0.3 is 15.4 Å². The van der Waals surface area contributed by atoms with E-state index in [1.165, 1.54) is 0 Å². The average Bonchev–Trinajstić information content (AvgIpc) is 2.76. The molecule has 0 radical (unpaired) electrons. The van der Waals surface area contributed by atoms with Gasteiger partial charge in [-0.1, -0.05) is 6.07 Å². The normalized spacial score (nSPS) is 16.7. The smallest absolute Gasteiger partial charge is 0.252 e. The van der Waals surface area contributed by atoms with Crippen LogP contribution in [0.25, 0.3) is 0 Å². The number of amides is 1. The molecule has 1 aromatic heterocycles. The molecule has 3 rings (SSSR count). The minimum Gasteiger partial charge on any atom is -0.497 e. The number of nitrogens with one attached hydrogen (secondary N) is 2. The lowest BCUT2D eigenvalue weighted by Crippen LogP contribution is -2.19. The number of pyridine rings is 1. The molecule has 0 bridgehead atoms. The molecule has 1 amide bonds. The van der Waals surface area contributed by atoms with Gasteiger partial charge in [0.1, 0.15) is 17.6 Å². The van der Waals surface area contributed by atoms with Gasteiger partial charge in [-0.3, -0.25) is 4.79 Å². The maximum Gasteiger partial charge on any atom is 0.252 e. The fourth-order valence-corrected chi connectivity index (χ4v) is 2.08. The molecule has 1 aliphatic rings. The minimum absolute atomic E-state index is 0.0930. The highest BCUT2D eigenvalue weighted by Gasteiger charge is 2.30. The Kier molecular flexibility index (Phi) is 2.79. The van der Waals surface area contributed by atoms with E-state index in [2.05, 4.69) is 15.6 Å². The number of rotatable bonds is 3. The van der Waals surface area contributed by atoms with Crippen molar-refractivity contribution in [3.05, 3.63) is 48.2 Å². The SMILES string of the molecule is COc1ccc(N[C@@H]2C(=O)Nc3ncccc32)cc1. The van der Waals surface area contributed by atoms with Gasteiger partial charge in [0, 0.05) is 17.4 Å². The van der Waals surface area contributed by atoms with E-state index in [0.717, 1.165) is 17.0 Å². The van der Waals surface area contributed by atoms with Crippen LogP contribution in [0, 0.1) is 0 Å². The van der Waals surface area contributed by atoms with Crippen LogP contribution in [-0.4, -0.2) is 18.0 Å². The van der Waals surface area contributed by atoms with Crippen LogP contribution in [0.4, 0.5) is 11.5 Å². The standard InChI is InChI=1S/C14H13N3O2/c1-19-10-6-4-9(5-7-10)16-12-11-3-2-8-15-13(11)17-14(12)18/h2-8,12,16H,1H3,(H,15,17,18)/t12-/m0/s1. The summed E-state index contributed by atoms with van der Waals surface area (Å²) in [6, 6.07) is 10.8. The highest BCUT2D eigenvalue weighted by Crippen LogP contribution is 2.31. The number of ether oxygens (including phenoxy) is 1. The molecule has 0 saturated carbocycles. The van der Waals surface area contributed by atoms with Crippen molar-refractivity contribution in [3.63, 3.8) is 0 Å². The maximum absolute atomic E-state index is 11.9. The Morgan fingerprint density at radius 3 is 2.79 bits per heavy atom. The Bertz CT molecular complexity index is 610. The van der Waals surface area contributed by atoms with Crippen molar-refractivity contribution >= 4 is 17.4 Å². The van der Waals surface area contributed by atoms with Crippen molar-refractivity contribution in [1.29, 1.82) is 0 Å². The van der Waals surface area contributed by atoms with Crippen molar-refractivity contribution in [2.24, 2.45) is 0 Å². The Hall–Kier alpha value is -2.56. The van der Waals surface area contributed by atoms with Crippen LogP contribution in [0.5, 0.6) is 5.75 Å². The highest BCUT2D eigenvalue weighted by atomic mass is 16.5. The molecule has 0 saturated heterocycles. The van der Waals surface area contributed by atoms with Crippen LogP contribution in [-0.2, 0) is 4.79 Å². The predicted molar refractivity (Wildman–Crippen MR) is 72.2 cm³/mol. The van der Waals surface area contributed by atoms with E-state index < -0.39 is 6.04 Å². The van der Waals surface area contributed by atoms with E-state index in [1.54, 1.807) is 13.3 Å². The van der Waals surface area contributed by atoms with E-state index in [0.29, 0.717) is 5.82 Å². The van der Waals surface area contributed by atoms with Gasteiger partial charge in [0.15, 0.2) is 0 Å². The third kappa shape index (κ3) is 2.10. The highest BCUT2D eigenvalue weighted by molar-refractivity contribution is 6.03. The van der Waals surface area contributed by atoms with Crippen LogP contribution in [0.3, 0.4) is 0 Å². The lowest BCUT2D eigenvalue weighted by Gasteiger charge is -2.13. The van der Waals surface area contributed by atoms with Gasteiger partial charge in [-0.05, 0) is 30.3 Å². The molecule has 0 aliphatic carbocycles. The molecule has 1 atom stereocenters. The molecule has 1 aromatic carbocycles. The number of carbonyl (C=O) groups is 1. The zero-order valence-electron chi connectivity index (χ0n) is 10.4. The van der Waals surface area contributed by atoms with Crippen molar-refractivity contribution in [2.75, 3.05) is 17.7 Å². The third-order valence-electron chi connectivity index (χ3n) is 3.05. The lowest BCUT2D eigenvalue weighted by molar-refractivity contribution is -0.116. The first-order chi connectivity index (χ1) is 9.28. The summed E-state index contributed by atoms with van der Waals surface area (Å²) in [4.78, 5) is 16.1. The average molecular weight is 255 g/mol. The van der Waals surface area contributed by atoms with Crippen LogP contribution in [0.1, 0.15) is 11.6 Å². The van der Waals surface area contributed by atoms with Gasteiger partial charge in [0.05, 0.1) is 7.11 Å². The number of carbonyl (C=O) groups excluding carboxylic acids is 1. The third-order valence-corrected chi connectivity index (χ3v) is 3.05. The summed E-state index contributed by atoms with van der Waals surface area (Å²) in [5.41, 5.74) is 1.72. The van der Waals surface area contributed by atoms with Crippen LogP contribution in [0.15, 0.2) is 42.6 Å². The first-order valence-corrected chi connectivity index (χ1v) is 5.94. The monoisotopic (exact) mass is 255 g/mol. The van der Waals surface area contributed by atoms with Crippen LogP contribution in [0.2, 0.25) is 0 Å². The number of hydrogen-bond donors (Lipinski definition) is 2. The summed E-state index contributed by atoms with van der Waals surface area (Å²) in [7, 11) is 1.62. The first kappa shape index (κ1) is 11.5.